The van der Waals surface area contributed by atoms with Crippen LogP contribution in [0.3, 0.4) is 0 Å². The van der Waals surface area contributed by atoms with Crippen molar-refractivity contribution >= 4 is 0 Å². The maximum Gasteiger partial charge on any atom is 0.123 e. The number of hydrogen-bond donors (Lipinski definition) is 0. The van der Waals surface area contributed by atoms with Crippen LogP contribution in [0, 0.1) is 11.8 Å². The number of piperidine rings is 1. The zero-order valence-corrected chi connectivity index (χ0v) is 18.9. The fourth-order valence-electron chi connectivity index (χ4n) is 3.62. The SMILES string of the molecule is CC(C)(C#CCN1CCCCC1)OCCOC(c1ccccc1)c1ccccc1.[Cl-]. The predicted molar refractivity (Wildman–Crippen MR) is 119 cm³/mol. The molecule has 0 aromatic heterocycles. The van der Waals surface area contributed by atoms with Crippen LogP contribution in [0.25, 0.3) is 0 Å². The van der Waals surface area contributed by atoms with E-state index in [1.807, 2.05) is 50.2 Å². The molecule has 0 radical (unpaired) electrons. The fraction of sp³-hybridized carbons (Fsp3) is 0.462. The lowest BCUT2D eigenvalue weighted by molar-refractivity contribution is -0.0274. The van der Waals surface area contributed by atoms with Gasteiger partial charge in [0.25, 0.3) is 0 Å². The molecule has 0 unspecified atom stereocenters. The topological polar surface area (TPSA) is 21.7 Å². The predicted octanol–water partition coefficient (Wildman–Crippen LogP) is 2.08. The zero-order chi connectivity index (χ0) is 20.4. The summed E-state index contributed by atoms with van der Waals surface area (Å²) >= 11 is 0. The molecule has 0 aliphatic carbocycles. The van der Waals surface area contributed by atoms with E-state index in [0.29, 0.717) is 13.2 Å². The van der Waals surface area contributed by atoms with Gasteiger partial charge in [0, 0.05) is 0 Å². The molecule has 0 spiro atoms. The van der Waals surface area contributed by atoms with Crippen LogP contribution in [0.1, 0.15) is 50.3 Å². The van der Waals surface area contributed by atoms with Gasteiger partial charge < -0.3 is 21.9 Å². The number of halogens is 1. The Morgan fingerprint density at radius 2 is 1.43 bits per heavy atom. The van der Waals surface area contributed by atoms with E-state index < -0.39 is 5.60 Å². The molecule has 0 N–H and O–H groups in total. The van der Waals surface area contributed by atoms with E-state index in [4.69, 9.17) is 9.47 Å². The van der Waals surface area contributed by atoms with Crippen molar-refractivity contribution in [2.45, 2.75) is 44.8 Å². The Balaban J connectivity index is 0.00000320. The van der Waals surface area contributed by atoms with Crippen LogP contribution >= 0.6 is 0 Å². The molecule has 1 aliphatic rings. The molecule has 4 heteroatoms. The molecule has 1 fully saturated rings. The summed E-state index contributed by atoms with van der Waals surface area (Å²) in [6.07, 6.45) is 3.85. The molecular formula is C26H33ClNO2-. The molecule has 162 valence electrons. The average Bonchev–Trinajstić information content (AvgIpc) is 2.75. The molecule has 0 bridgehead atoms. The Kier molecular flexibility index (Phi) is 10.4. The lowest BCUT2D eigenvalue weighted by Crippen LogP contribution is -3.00. The first kappa shape index (κ1) is 24.4. The van der Waals surface area contributed by atoms with Gasteiger partial charge in [-0.3, -0.25) is 4.90 Å². The summed E-state index contributed by atoms with van der Waals surface area (Å²) in [6, 6.07) is 20.7. The number of benzene rings is 2. The van der Waals surface area contributed by atoms with Crippen molar-refractivity contribution in [3.05, 3.63) is 71.8 Å². The minimum Gasteiger partial charge on any atom is -1.00 e. The Bertz CT molecular complexity index is 737. The van der Waals surface area contributed by atoms with Crippen LogP contribution in [-0.4, -0.2) is 43.3 Å². The molecule has 1 heterocycles. The Hall–Kier alpha value is -1.83. The monoisotopic (exact) mass is 426 g/mol. The highest BCUT2D eigenvalue weighted by Gasteiger charge is 2.17. The number of likely N-dealkylation sites (tertiary alicyclic amines) is 1. The van der Waals surface area contributed by atoms with Gasteiger partial charge in [0.15, 0.2) is 0 Å². The van der Waals surface area contributed by atoms with Crippen LogP contribution in [0.5, 0.6) is 0 Å². The van der Waals surface area contributed by atoms with E-state index in [1.54, 1.807) is 0 Å². The average molecular weight is 427 g/mol. The van der Waals surface area contributed by atoms with Gasteiger partial charge in [0.2, 0.25) is 0 Å². The van der Waals surface area contributed by atoms with E-state index in [0.717, 1.165) is 17.7 Å². The van der Waals surface area contributed by atoms with Crippen LogP contribution in [0.4, 0.5) is 0 Å². The lowest BCUT2D eigenvalue weighted by atomic mass is 10.0. The van der Waals surface area contributed by atoms with E-state index in [9.17, 15) is 0 Å². The highest BCUT2D eigenvalue weighted by Crippen LogP contribution is 2.25. The van der Waals surface area contributed by atoms with E-state index >= 15 is 0 Å². The highest BCUT2D eigenvalue weighted by atomic mass is 35.5. The van der Waals surface area contributed by atoms with Crippen LogP contribution in [-0.2, 0) is 9.47 Å². The third-order valence-corrected chi connectivity index (χ3v) is 5.18. The minimum atomic E-state index is -0.464. The number of ether oxygens (including phenoxy) is 2. The first-order valence-electron chi connectivity index (χ1n) is 10.7. The number of rotatable bonds is 8. The minimum absolute atomic E-state index is 0. The Labute approximate surface area is 188 Å². The molecular weight excluding hydrogens is 394 g/mol. The second kappa shape index (κ2) is 12.8. The molecule has 0 saturated carbocycles. The zero-order valence-electron chi connectivity index (χ0n) is 18.1. The molecule has 3 rings (SSSR count). The van der Waals surface area contributed by atoms with Crippen molar-refractivity contribution in [2.24, 2.45) is 0 Å². The summed E-state index contributed by atoms with van der Waals surface area (Å²) in [4.78, 5) is 2.43. The third-order valence-electron chi connectivity index (χ3n) is 5.18. The van der Waals surface area contributed by atoms with Gasteiger partial charge in [-0.1, -0.05) is 78.9 Å². The maximum atomic E-state index is 6.23. The van der Waals surface area contributed by atoms with Gasteiger partial charge in [0.1, 0.15) is 11.7 Å². The van der Waals surface area contributed by atoms with Gasteiger partial charge >= 0.3 is 0 Å². The van der Waals surface area contributed by atoms with E-state index in [-0.39, 0.29) is 18.5 Å². The molecule has 30 heavy (non-hydrogen) atoms. The van der Waals surface area contributed by atoms with E-state index in [2.05, 4.69) is 41.0 Å². The largest absolute Gasteiger partial charge is 1.00 e. The van der Waals surface area contributed by atoms with Gasteiger partial charge in [-0.25, -0.2) is 0 Å². The molecule has 1 aliphatic heterocycles. The number of hydrogen-bond acceptors (Lipinski definition) is 3. The lowest BCUT2D eigenvalue weighted by Gasteiger charge is -2.24. The van der Waals surface area contributed by atoms with Crippen LogP contribution in [0.2, 0.25) is 0 Å². The third kappa shape index (κ3) is 8.13. The number of nitrogens with zero attached hydrogens (tertiary/aromatic N) is 1. The van der Waals surface area contributed by atoms with Crippen molar-refractivity contribution in [1.29, 1.82) is 0 Å². The molecule has 0 amide bonds. The van der Waals surface area contributed by atoms with Crippen LogP contribution < -0.4 is 12.4 Å². The molecule has 2 aromatic carbocycles. The normalized spacial score (nSPS) is 14.6. The van der Waals surface area contributed by atoms with Crippen molar-refractivity contribution in [2.75, 3.05) is 32.8 Å². The molecule has 3 nitrogen and oxygen atoms in total. The first-order valence-corrected chi connectivity index (χ1v) is 10.7. The van der Waals surface area contributed by atoms with Crippen molar-refractivity contribution in [3.8, 4) is 11.8 Å². The standard InChI is InChI=1S/C26H33NO2.ClH/c1-26(2,17-12-20-27-18-10-5-11-19-27)29-22-21-28-25(23-13-6-3-7-14-23)24-15-8-4-9-16-24;/h3-4,6-9,13-16,25H,5,10-11,18-22H2,1-2H3;1H/p-1. The summed E-state index contributed by atoms with van der Waals surface area (Å²) in [5, 5.41) is 0. The van der Waals surface area contributed by atoms with Crippen LogP contribution in [0.15, 0.2) is 60.7 Å². The van der Waals surface area contributed by atoms with Crippen molar-refractivity contribution in [1.82, 2.24) is 4.90 Å². The first-order chi connectivity index (χ1) is 14.1. The highest BCUT2D eigenvalue weighted by molar-refractivity contribution is 5.29. The Morgan fingerprint density at radius 1 is 0.867 bits per heavy atom. The van der Waals surface area contributed by atoms with Gasteiger partial charge in [-0.15, -0.1) is 0 Å². The quantitative estimate of drug-likeness (QED) is 0.476. The van der Waals surface area contributed by atoms with Crippen molar-refractivity contribution < 1.29 is 21.9 Å². The van der Waals surface area contributed by atoms with Crippen molar-refractivity contribution in [3.63, 3.8) is 0 Å². The summed E-state index contributed by atoms with van der Waals surface area (Å²) in [5.41, 5.74) is 1.84. The maximum absolute atomic E-state index is 6.23. The van der Waals surface area contributed by atoms with E-state index in [1.165, 1.54) is 32.4 Å². The smallest absolute Gasteiger partial charge is 0.123 e. The fourth-order valence-corrected chi connectivity index (χ4v) is 3.62. The summed E-state index contributed by atoms with van der Waals surface area (Å²) in [6.45, 7) is 8.28. The molecule has 2 aromatic rings. The second-order valence-corrected chi connectivity index (χ2v) is 8.07. The van der Waals surface area contributed by atoms with Gasteiger partial charge in [0.05, 0.1) is 19.8 Å². The second-order valence-electron chi connectivity index (χ2n) is 8.07. The summed E-state index contributed by atoms with van der Waals surface area (Å²) in [7, 11) is 0. The van der Waals surface area contributed by atoms with Gasteiger partial charge in [-0.05, 0) is 50.9 Å². The summed E-state index contributed by atoms with van der Waals surface area (Å²) in [5.74, 6) is 6.60. The Morgan fingerprint density at radius 3 is 2.00 bits per heavy atom. The molecule has 0 atom stereocenters. The van der Waals surface area contributed by atoms with Gasteiger partial charge in [-0.2, -0.15) is 0 Å². The molecule has 1 saturated heterocycles. The summed E-state index contributed by atoms with van der Waals surface area (Å²) < 4.78 is 12.3.